The fourth-order valence-corrected chi connectivity index (χ4v) is 3.73. The molecule has 102 valence electrons. The Labute approximate surface area is 117 Å². The lowest BCUT2D eigenvalue weighted by atomic mass is 9.78. The van der Waals surface area contributed by atoms with Gasteiger partial charge < -0.3 is 10.1 Å². The van der Waals surface area contributed by atoms with Crippen LogP contribution in [0.4, 0.5) is 0 Å². The Morgan fingerprint density at radius 2 is 2.11 bits per heavy atom. The molecule has 1 atom stereocenters. The maximum atomic E-state index is 5.94. The van der Waals surface area contributed by atoms with Crippen LogP contribution in [0.15, 0.2) is 10.7 Å². The van der Waals surface area contributed by atoms with E-state index in [1.807, 2.05) is 32.1 Å². The summed E-state index contributed by atoms with van der Waals surface area (Å²) < 4.78 is 8.92. The molecule has 0 bridgehead atoms. The fourth-order valence-electron chi connectivity index (χ4n) is 3.15. The molecule has 5 heteroatoms. The van der Waals surface area contributed by atoms with Crippen molar-refractivity contribution >= 4 is 15.9 Å². The van der Waals surface area contributed by atoms with E-state index in [1.54, 1.807) is 0 Å². The van der Waals surface area contributed by atoms with Gasteiger partial charge in [-0.1, -0.05) is 19.3 Å². The Kier molecular flexibility index (Phi) is 4.45. The number of aryl methyl sites for hydroxylation is 1. The van der Waals surface area contributed by atoms with Gasteiger partial charge in [0, 0.05) is 14.2 Å². The molecule has 0 aliphatic heterocycles. The van der Waals surface area contributed by atoms with Crippen LogP contribution in [0.25, 0.3) is 0 Å². The summed E-state index contributed by atoms with van der Waals surface area (Å²) in [6.07, 6.45) is 7.85. The highest BCUT2D eigenvalue weighted by Crippen LogP contribution is 2.42. The highest BCUT2D eigenvalue weighted by atomic mass is 79.9. The molecule has 1 unspecified atom stereocenters. The summed E-state index contributed by atoms with van der Waals surface area (Å²) in [5.74, 6) is 0. The van der Waals surface area contributed by atoms with E-state index in [9.17, 15) is 0 Å². The quantitative estimate of drug-likeness (QED) is 0.928. The van der Waals surface area contributed by atoms with Crippen LogP contribution in [0.3, 0.4) is 0 Å². The molecule has 1 aliphatic rings. The first kappa shape index (κ1) is 14.0. The Morgan fingerprint density at radius 1 is 1.44 bits per heavy atom. The van der Waals surface area contributed by atoms with Crippen LogP contribution in [-0.4, -0.2) is 29.5 Å². The minimum atomic E-state index is -0.108. The highest BCUT2D eigenvalue weighted by molar-refractivity contribution is 9.10. The molecular weight excluding hydrogens is 294 g/mol. The van der Waals surface area contributed by atoms with E-state index >= 15 is 0 Å². The molecule has 2 rings (SSSR count). The lowest BCUT2D eigenvalue weighted by molar-refractivity contribution is -0.0690. The molecule has 0 spiro atoms. The standard InChI is InChI=1S/C13H22BrN3O/c1-15-12(11-10(14)9-16-17(11)2)13(18-3)7-5-4-6-8-13/h9,12,15H,4-8H2,1-3H3. The lowest BCUT2D eigenvalue weighted by Crippen LogP contribution is -2.46. The maximum absolute atomic E-state index is 5.94. The summed E-state index contributed by atoms with van der Waals surface area (Å²) in [4.78, 5) is 0. The molecule has 1 aromatic heterocycles. The molecular formula is C13H22BrN3O. The predicted molar refractivity (Wildman–Crippen MR) is 75.5 cm³/mol. The van der Waals surface area contributed by atoms with Gasteiger partial charge in [0.2, 0.25) is 0 Å². The lowest BCUT2D eigenvalue weighted by Gasteiger charge is -2.42. The first-order valence-corrected chi connectivity index (χ1v) is 7.34. The Hall–Kier alpha value is -0.390. The van der Waals surface area contributed by atoms with Crippen LogP contribution in [0.2, 0.25) is 0 Å². The molecule has 1 saturated carbocycles. The second kappa shape index (κ2) is 5.72. The molecule has 4 nitrogen and oxygen atoms in total. The fraction of sp³-hybridized carbons (Fsp3) is 0.769. The van der Waals surface area contributed by atoms with E-state index < -0.39 is 0 Å². The molecule has 0 radical (unpaired) electrons. The van der Waals surface area contributed by atoms with Crippen molar-refractivity contribution in [3.8, 4) is 0 Å². The molecule has 1 N–H and O–H groups in total. The zero-order valence-electron chi connectivity index (χ0n) is 11.4. The number of hydrogen-bond donors (Lipinski definition) is 1. The summed E-state index contributed by atoms with van der Waals surface area (Å²) >= 11 is 3.60. The van der Waals surface area contributed by atoms with E-state index in [0.29, 0.717) is 0 Å². The Balaban J connectivity index is 2.37. The van der Waals surface area contributed by atoms with E-state index in [4.69, 9.17) is 4.74 Å². The second-order valence-corrected chi connectivity index (χ2v) is 5.91. The van der Waals surface area contributed by atoms with Gasteiger partial charge in [0.25, 0.3) is 0 Å². The number of nitrogens with zero attached hydrogens (tertiary/aromatic N) is 2. The molecule has 1 aliphatic carbocycles. The molecule has 18 heavy (non-hydrogen) atoms. The van der Waals surface area contributed by atoms with Crippen LogP contribution in [-0.2, 0) is 11.8 Å². The molecule has 1 heterocycles. The summed E-state index contributed by atoms with van der Waals surface area (Å²) in [5, 5.41) is 7.75. The van der Waals surface area contributed by atoms with Gasteiger partial charge in [-0.05, 0) is 35.8 Å². The molecule has 1 fully saturated rings. The van der Waals surface area contributed by atoms with E-state index in [-0.39, 0.29) is 11.6 Å². The van der Waals surface area contributed by atoms with Gasteiger partial charge in [-0.25, -0.2) is 0 Å². The van der Waals surface area contributed by atoms with Gasteiger partial charge in [-0.2, -0.15) is 5.10 Å². The molecule has 0 aromatic carbocycles. The van der Waals surface area contributed by atoms with Crippen molar-refractivity contribution in [2.45, 2.75) is 43.7 Å². The third kappa shape index (κ3) is 2.36. The van der Waals surface area contributed by atoms with Gasteiger partial charge >= 0.3 is 0 Å². The van der Waals surface area contributed by atoms with Crippen molar-refractivity contribution in [3.05, 3.63) is 16.4 Å². The Bertz CT molecular complexity index is 379. The predicted octanol–water partition coefficient (Wildman–Crippen LogP) is 2.79. The topological polar surface area (TPSA) is 39.1 Å². The summed E-state index contributed by atoms with van der Waals surface area (Å²) in [7, 11) is 5.82. The number of ether oxygens (including phenoxy) is 1. The smallest absolute Gasteiger partial charge is 0.0888 e. The third-order valence-electron chi connectivity index (χ3n) is 4.13. The van der Waals surface area contributed by atoms with Crippen LogP contribution in [0.5, 0.6) is 0 Å². The number of likely N-dealkylation sites (N-methyl/N-ethyl adjacent to an activating group) is 1. The van der Waals surface area contributed by atoms with E-state index in [2.05, 4.69) is 26.3 Å². The number of halogens is 1. The number of nitrogens with one attached hydrogen (secondary N) is 1. The van der Waals surface area contributed by atoms with Crippen LogP contribution >= 0.6 is 15.9 Å². The van der Waals surface area contributed by atoms with Gasteiger partial charge in [-0.15, -0.1) is 0 Å². The third-order valence-corrected chi connectivity index (χ3v) is 4.74. The average Bonchev–Trinajstić information content (AvgIpc) is 2.73. The van der Waals surface area contributed by atoms with Gasteiger partial charge in [0.1, 0.15) is 0 Å². The monoisotopic (exact) mass is 315 g/mol. The second-order valence-electron chi connectivity index (χ2n) is 5.05. The number of methoxy groups -OCH3 is 1. The van der Waals surface area contributed by atoms with Crippen molar-refractivity contribution in [1.82, 2.24) is 15.1 Å². The van der Waals surface area contributed by atoms with Gasteiger partial charge in [-0.3, -0.25) is 4.68 Å². The van der Waals surface area contributed by atoms with Gasteiger partial charge in [0.15, 0.2) is 0 Å². The van der Waals surface area contributed by atoms with E-state index in [1.165, 1.54) is 25.0 Å². The summed E-state index contributed by atoms with van der Waals surface area (Å²) in [6, 6.07) is 0.171. The maximum Gasteiger partial charge on any atom is 0.0888 e. The van der Waals surface area contributed by atoms with Gasteiger partial charge in [0.05, 0.1) is 28.0 Å². The first-order valence-electron chi connectivity index (χ1n) is 6.54. The highest BCUT2D eigenvalue weighted by Gasteiger charge is 2.42. The van der Waals surface area contributed by atoms with Crippen LogP contribution < -0.4 is 5.32 Å². The van der Waals surface area contributed by atoms with Crippen LogP contribution in [0, 0.1) is 0 Å². The first-order chi connectivity index (χ1) is 8.64. The normalized spacial score (nSPS) is 20.9. The van der Waals surface area contributed by atoms with Crippen molar-refractivity contribution < 1.29 is 4.74 Å². The number of aromatic nitrogens is 2. The average molecular weight is 316 g/mol. The molecule has 0 amide bonds. The minimum Gasteiger partial charge on any atom is -0.376 e. The SMILES string of the molecule is CNC(c1c(Br)cnn1C)C1(OC)CCCCC1. The zero-order chi connectivity index (χ0) is 13.2. The minimum absolute atomic E-state index is 0.108. The summed E-state index contributed by atoms with van der Waals surface area (Å²) in [6.45, 7) is 0. The number of hydrogen-bond acceptors (Lipinski definition) is 3. The zero-order valence-corrected chi connectivity index (χ0v) is 13.0. The van der Waals surface area contributed by atoms with Crippen molar-refractivity contribution in [1.29, 1.82) is 0 Å². The Morgan fingerprint density at radius 3 is 2.56 bits per heavy atom. The number of rotatable bonds is 4. The van der Waals surface area contributed by atoms with E-state index in [0.717, 1.165) is 17.3 Å². The van der Waals surface area contributed by atoms with Crippen molar-refractivity contribution in [2.75, 3.05) is 14.2 Å². The molecule has 1 aromatic rings. The summed E-state index contributed by atoms with van der Waals surface area (Å²) in [5.41, 5.74) is 1.06. The van der Waals surface area contributed by atoms with Crippen LogP contribution in [0.1, 0.15) is 43.8 Å². The van der Waals surface area contributed by atoms with Crippen molar-refractivity contribution in [3.63, 3.8) is 0 Å². The van der Waals surface area contributed by atoms with Crippen molar-refractivity contribution in [2.24, 2.45) is 7.05 Å². The molecule has 0 saturated heterocycles. The largest absolute Gasteiger partial charge is 0.376 e.